The van der Waals surface area contributed by atoms with Crippen LogP contribution in [0.3, 0.4) is 0 Å². The average molecular weight is 530 g/mol. The summed E-state index contributed by atoms with van der Waals surface area (Å²) < 4.78 is 22.8. The molecule has 7 nitrogen and oxygen atoms in total. The number of benzene rings is 3. The highest BCUT2D eigenvalue weighted by atomic mass is 16.5. The number of methoxy groups -OCH3 is 2. The SMILES string of the molecule is CCOc1ccc2c(c1OCC)C(CC(=O)Nc1ccccc1C)=C(C)C2=Cc1cc(OC)c(O)c(OC)c1. The summed E-state index contributed by atoms with van der Waals surface area (Å²) in [6.45, 7) is 8.76. The molecule has 1 aliphatic carbocycles. The highest BCUT2D eigenvalue weighted by Crippen LogP contribution is 2.51. The zero-order chi connectivity index (χ0) is 28.1. The number of carbonyl (C=O) groups excluding carboxylic acids is 1. The van der Waals surface area contributed by atoms with Gasteiger partial charge in [-0.25, -0.2) is 0 Å². The number of allylic oxidation sites excluding steroid dienone is 2. The maximum Gasteiger partial charge on any atom is 0.228 e. The van der Waals surface area contributed by atoms with Crippen molar-refractivity contribution in [1.82, 2.24) is 0 Å². The van der Waals surface area contributed by atoms with Gasteiger partial charge >= 0.3 is 0 Å². The van der Waals surface area contributed by atoms with Crippen LogP contribution in [0.25, 0.3) is 17.2 Å². The Morgan fingerprint density at radius 3 is 2.21 bits per heavy atom. The Labute approximate surface area is 229 Å². The Kier molecular flexibility index (Phi) is 8.49. The van der Waals surface area contributed by atoms with E-state index in [-0.39, 0.29) is 18.1 Å². The van der Waals surface area contributed by atoms with Gasteiger partial charge in [-0.05, 0) is 97.5 Å². The van der Waals surface area contributed by atoms with Crippen LogP contribution in [0.5, 0.6) is 28.7 Å². The first-order valence-corrected chi connectivity index (χ1v) is 13.0. The van der Waals surface area contributed by atoms with Gasteiger partial charge in [-0.3, -0.25) is 4.79 Å². The molecule has 0 saturated heterocycles. The molecule has 39 heavy (non-hydrogen) atoms. The molecule has 1 aliphatic rings. The summed E-state index contributed by atoms with van der Waals surface area (Å²) in [7, 11) is 2.99. The van der Waals surface area contributed by atoms with Crippen LogP contribution < -0.4 is 24.3 Å². The Hall–Kier alpha value is -4.39. The predicted molar refractivity (Wildman–Crippen MR) is 155 cm³/mol. The van der Waals surface area contributed by atoms with Crippen LogP contribution in [-0.4, -0.2) is 38.4 Å². The molecule has 3 aromatic carbocycles. The van der Waals surface area contributed by atoms with Crippen molar-refractivity contribution in [3.05, 3.63) is 76.4 Å². The molecule has 0 fully saturated rings. The van der Waals surface area contributed by atoms with Gasteiger partial charge < -0.3 is 29.4 Å². The molecule has 0 radical (unpaired) electrons. The maximum absolute atomic E-state index is 13.3. The van der Waals surface area contributed by atoms with Crippen LogP contribution in [0.15, 0.2) is 54.1 Å². The van der Waals surface area contributed by atoms with Crippen LogP contribution in [-0.2, 0) is 4.79 Å². The van der Waals surface area contributed by atoms with Crippen LogP contribution in [0, 0.1) is 6.92 Å². The van der Waals surface area contributed by atoms with Gasteiger partial charge in [-0.1, -0.05) is 18.2 Å². The number of amides is 1. The van der Waals surface area contributed by atoms with Crippen molar-refractivity contribution in [3.63, 3.8) is 0 Å². The van der Waals surface area contributed by atoms with Gasteiger partial charge in [0.2, 0.25) is 11.7 Å². The average Bonchev–Trinajstić information content (AvgIpc) is 3.18. The highest BCUT2D eigenvalue weighted by molar-refractivity contribution is 6.11. The molecule has 0 spiro atoms. The number of aryl methyl sites for hydroxylation is 1. The van der Waals surface area contributed by atoms with Crippen molar-refractivity contribution in [1.29, 1.82) is 0 Å². The number of fused-ring (bicyclic) bond motifs is 1. The number of aromatic hydroxyl groups is 1. The molecular weight excluding hydrogens is 494 g/mol. The third-order valence-corrected chi connectivity index (χ3v) is 6.73. The quantitative estimate of drug-likeness (QED) is 0.298. The van der Waals surface area contributed by atoms with Gasteiger partial charge in [0.05, 0.1) is 33.9 Å². The second kappa shape index (κ2) is 12.0. The molecule has 0 atom stereocenters. The number of hydrogen-bond acceptors (Lipinski definition) is 6. The van der Waals surface area contributed by atoms with Crippen LogP contribution in [0.1, 0.15) is 49.4 Å². The molecule has 0 saturated carbocycles. The van der Waals surface area contributed by atoms with E-state index in [0.29, 0.717) is 36.2 Å². The van der Waals surface area contributed by atoms with Crippen molar-refractivity contribution in [3.8, 4) is 28.7 Å². The lowest BCUT2D eigenvalue weighted by molar-refractivity contribution is -0.115. The van der Waals surface area contributed by atoms with Crippen molar-refractivity contribution < 1.29 is 28.8 Å². The number of anilines is 1. The first kappa shape index (κ1) is 27.6. The zero-order valence-corrected chi connectivity index (χ0v) is 23.3. The number of ether oxygens (including phenoxy) is 4. The van der Waals surface area contributed by atoms with Crippen molar-refractivity contribution >= 4 is 28.8 Å². The van der Waals surface area contributed by atoms with Gasteiger partial charge in [0.25, 0.3) is 0 Å². The standard InChI is InChI=1S/C32H35NO6/c1-7-38-26-14-13-22-23(15-21-16-27(36-5)31(35)28(17-21)37-6)20(4)24(30(22)32(26)39-8-2)18-29(34)33-25-12-10-9-11-19(25)3/h9-17,35H,7-8,18H2,1-6H3,(H,33,34). The Balaban J connectivity index is 1.86. The normalized spacial score (nSPS) is 13.3. The van der Waals surface area contributed by atoms with E-state index in [1.165, 1.54) is 14.2 Å². The van der Waals surface area contributed by atoms with E-state index in [1.54, 1.807) is 12.1 Å². The van der Waals surface area contributed by atoms with Gasteiger partial charge in [0.1, 0.15) is 0 Å². The highest BCUT2D eigenvalue weighted by Gasteiger charge is 2.31. The van der Waals surface area contributed by atoms with E-state index in [2.05, 4.69) is 5.32 Å². The first-order valence-electron chi connectivity index (χ1n) is 13.0. The minimum absolute atomic E-state index is 0.0604. The third-order valence-electron chi connectivity index (χ3n) is 6.73. The maximum atomic E-state index is 13.3. The zero-order valence-electron chi connectivity index (χ0n) is 23.3. The lowest BCUT2D eigenvalue weighted by Crippen LogP contribution is -2.13. The second-order valence-electron chi connectivity index (χ2n) is 9.16. The van der Waals surface area contributed by atoms with E-state index in [1.807, 2.05) is 70.2 Å². The van der Waals surface area contributed by atoms with E-state index in [9.17, 15) is 9.90 Å². The summed E-state index contributed by atoms with van der Waals surface area (Å²) in [6, 6.07) is 15.1. The summed E-state index contributed by atoms with van der Waals surface area (Å²) in [5.41, 5.74) is 7.09. The number of phenols is 1. The van der Waals surface area contributed by atoms with Gasteiger partial charge in [0.15, 0.2) is 23.0 Å². The minimum Gasteiger partial charge on any atom is -0.502 e. The predicted octanol–water partition coefficient (Wildman–Crippen LogP) is 6.87. The number of para-hydroxylation sites is 1. The van der Waals surface area contributed by atoms with Crippen LogP contribution >= 0.6 is 0 Å². The summed E-state index contributed by atoms with van der Waals surface area (Å²) in [5, 5.41) is 13.4. The van der Waals surface area contributed by atoms with Crippen molar-refractivity contribution in [2.45, 2.75) is 34.1 Å². The van der Waals surface area contributed by atoms with Crippen LogP contribution in [0.4, 0.5) is 5.69 Å². The Morgan fingerprint density at radius 2 is 1.59 bits per heavy atom. The van der Waals surface area contributed by atoms with E-state index < -0.39 is 0 Å². The molecule has 2 N–H and O–H groups in total. The summed E-state index contributed by atoms with van der Waals surface area (Å²) in [6.07, 6.45) is 2.16. The molecule has 3 aromatic rings. The van der Waals surface area contributed by atoms with Gasteiger partial charge in [-0.15, -0.1) is 0 Å². The molecule has 0 unspecified atom stereocenters. The first-order chi connectivity index (χ1) is 18.8. The molecule has 7 heteroatoms. The topological polar surface area (TPSA) is 86.3 Å². The fourth-order valence-electron chi connectivity index (χ4n) is 4.84. The molecule has 204 valence electrons. The Bertz CT molecular complexity index is 1430. The molecular formula is C32H35NO6. The lowest BCUT2D eigenvalue weighted by atomic mass is 9.99. The molecule has 1 amide bonds. The molecule has 0 aliphatic heterocycles. The monoisotopic (exact) mass is 529 g/mol. The number of carbonyl (C=O) groups is 1. The number of nitrogens with one attached hydrogen (secondary N) is 1. The van der Waals surface area contributed by atoms with Gasteiger partial charge in [0, 0.05) is 11.3 Å². The lowest BCUT2D eigenvalue weighted by Gasteiger charge is -2.17. The fraction of sp³-hybridized carbons (Fsp3) is 0.281. The molecule has 4 rings (SSSR count). The molecule has 0 aromatic heterocycles. The summed E-state index contributed by atoms with van der Waals surface area (Å²) in [4.78, 5) is 13.3. The second-order valence-corrected chi connectivity index (χ2v) is 9.16. The largest absolute Gasteiger partial charge is 0.502 e. The summed E-state index contributed by atoms with van der Waals surface area (Å²) >= 11 is 0. The molecule has 0 bridgehead atoms. The van der Waals surface area contributed by atoms with Crippen LogP contribution in [0.2, 0.25) is 0 Å². The van der Waals surface area contributed by atoms with Crippen molar-refractivity contribution in [2.24, 2.45) is 0 Å². The van der Waals surface area contributed by atoms with Crippen molar-refractivity contribution in [2.75, 3.05) is 32.8 Å². The fourth-order valence-corrected chi connectivity index (χ4v) is 4.84. The van der Waals surface area contributed by atoms with E-state index in [0.717, 1.165) is 44.7 Å². The summed E-state index contributed by atoms with van der Waals surface area (Å²) in [5.74, 6) is 1.69. The minimum atomic E-state index is -0.122. The number of rotatable bonds is 10. The number of hydrogen-bond donors (Lipinski definition) is 2. The smallest absolute Gasteiger partial charge is 0.228 e. The van der Waals surface area contributed by atoms with E-state index >= 15 is 0 Å². The Morgan fingerprint density at radius 1 is 0.923 bits per heavy atom. The molecule has 0 heterocycles. The van der Waals surface area contributed by atoms with Gasteiger partial charge in [-0.2, -0.15) is 0 Å². The third kappa shape index (κ3) is 5.58. The van der Waals surface area contributed by atoms with E-state index in [4.69, 9.17) is 18.9 Å². The number of phenolic OH excluding ortho intramolecular Hbond substituents is 1.